The van der Waals surface area contributed by atoms with E-state index in [0.29, 0.717) is 12.3 Å². The van der Waals surface area contributed by atoms with Crippen molar-refractivity contribution in [2.24, 2.45) is 0 Å². The Morgan fingerprint density at radius 2 is 2.29 bits per heavy atom. The van der Waals surface area contributed by atoms with E-state index in [9.17, 15) is 8.42 Å². The Balaban J connectivity index is 2.39. The largest absolute Gasteiger partial charge is 0.360 e. The van der Waals surface area contributed by atoms with Gasteiger partial charge in [0.2, 0.25) is 0 Å². The highest BCUT2D eigenvalue weighted by Gasteiger charge is 2.16. The molecule has 7 nitrogen and oxygen atoms in total. The summed E-state index contributed by atoms with van der Waals surface area (Å²) >= 11 is 0. The maximum Gasteiger partial charge on any atom is 0.279 e. The summed E-state index contributed by atoms with van der Waals surface area (Å²) in [6.45, 7) is 1.35. The van der Waals surface area contributed by atoms with Gasteiger partial charge in [0.15, 0.2) is 5.76 Å². The van der Waals surface area contributed by atoms with Crippen LogP contribution in [0.15, 0.2) is 16.8 Å². The molecule has 0 unspecified atom stereocenters. The molecule has 1 aromatic rings. The Bertz CT molecular complexity index is 404. The molecule has 0 amide bonds. The van der Waals surface area contributed by atoms with E-state index in [1.54, 1.807) is 13.1 Å². The summed E-state index contributed by atoms with van der Waals surface area (Å²) < 4.78 is 32.0. The predicted octanol–water partition coefficient (Wildman–Crippen LogP) is -0.450. The first kappa shape index (κ1) is 14.1. The first-order valence-electron chi connectivity index (χ1n) is 5.31. The molecule has 17 heavy (non-hydrogen) atoms. The van der Waals surface area contributed by atoms with Gasteiger partial charge in [-0.3, -0.25) is 0 Å². The second kappa shape index (κ2) is 6.70. The van der Waals surface area contributed by atoms with E-state index in [1.165, 1.54) is 10.5 Å². The number of hydrogen-bond donors (Lipinski definition) is 2. The zero-order valence-corrected chi connectivity index (χ0v) is 10.8. The lowest BCUT2D eigenvalue weighted by Crippen LogP contribution is -2.38. The average Bonchev–Trinajstić information content (AvgIpc) is 2.79. The summed E-state index contributed by atoms with van der Waals surface area (Å²) in [7, 11) is -0.0790. The number of hydrogen-bond acceptors (Lipinski definition) is 5. The zero-order valence-electron chi connectivity index (χ0n) is 10.0. The molecule has 0 atom stereocenters. The molecule has 0 aliphatic heterocycles. The maximum atomic E-state index is 11.8. The van der Waals surface area contributed by atoms with E-state index < -0.39 is 10.2 Å². The van der Waals surface area contributed by atoms with Crippen molar-refractivity contribution in [2.75, 3.05) is 27.2 Å². The summed E-state index contributed by atoms with van der Waals surface area (Å²) in [6, 6.07) is 1.61. The fraction of sp³-hybridized carbons (Fsp3) is 0.667. The molecule has 0 aliphatic carbocycles. The zero-order chi connectivity index (χ0) is 12.7. The molecule has 0 bridgehead atoms. The van der Waals surface area contributed by atoms with Crippen LogP contribution in [0.1, 0.15) is 12.2 Å². The molecular formula is C9H18N4O3S. The van der Waals surface area contributed by atoms with Crippen molar-refractivity contribution >= 4 is 10.2 Å². The van der Waals surface area contributed by atoms with Gasteiger partial charge in [-0.2, -0.15) is 17.4 Å². The first-order chi connectivity index (χ1) is 8.06. The van der Waals surface area contributed by atoms with E-state index in [-0.39, 0.29) is 6.54 Å². The summed E-state index contributed by atoms with van der Waals surface area (Å²) in [4.78, 5) is 0. The van der Waals surface area contributed by atoms with Gasteiger partial charge in [-0.15, -0.1) is 0 Å². The Morgan fingerprint density at radius 1 is 1.53 bits per heavy atom. The van der Waals surface area contributed by atoms with Crippen LogP contribution in [0.4, 0.5) is 0 Å². The Hall–Kier alpha value is -0.960. The smallest absolute Gasteiger partial charge is 0.279 e. The van der Waals surface area contributed by atoms with Crippen LogP contribution in [-0.4, -0.2) is 45.1 Å². The van der Waals surface area contributed by atoms with Crippen molar-refractivity contribution in [3.63, 3.8) is 0 Å². The van der Waals surface area contributed by atoms with Crippen molar-refractivity contribution in [3.05, 3.63) is 18.0 Å². The second-order valence-electron chi connectivity index (χ2n) is 3.58. The highest BCUT2D eigenvalue weighted by Crippen LogP contribution is 2.00. The third kappa shape index (κ3) is 4.82. The van der Waals surface area contributed by atoms with Gasteiger partial charge in [0.25, 0.3) is 10.2 Å². The fourth-order valence-electron chi connectivity index (χ4n) is 1.20. The van der Waals surface area contributed by atoms with E-state index in [2.05, 4.69) is 15.2 Å². The molecule has 0 aliphatic rings. The van der Waals surface area contributed by atoms with Crippen LogP contribution in [0.5, 0.6) is 0 Å². The first-order valence-corrected chi connectivity index (χ1v) is 6.75. The average molecular weight is 262 g/mol. The van der Waals surface area contributed by atoms with Crippen LogP contribution in [0.3, 0.4) is 0 Å². The Labute approximate surface area is 101 Å². The number of nitrogens with zero attached hydrogens (tertiary/aromatic N) is 2. The van der Waals surface area contributed by atoms with Gasteiger partial charge < -0.3 is 9.84 Å². The van der Waals surface area contributed by atoms with Gasteiger partial charge in [-0.05, 0) is 20.0 Å². The lowest BCUT2D eigenvalue weighted by molar-refractivity contribution is 0.377. The molecule has 0 spiro atoms. The molecule has 0 saturated carbocycles. The molecule has 98 valence electrons. The van der Waals surface area contributed by atoms with Crippen LogP contribution >= 0.6 is 0 Å². The van der Waals surface area contributed by atoms with Crippen molar-refractivity contribution in [1.82, 2.24) is 19.5 Å². The Morgan fingerprint density at radius 3 is 2.88 bits per heavy atom. The van der Waals surface area contributed by atoms with Crippen LogP contribution in [0.25, 0.3) is 0 Å². The highest BCUT2D eigenvalue weighted by atomic mass is 32.2. The van der Waals surface area contributed by atoms with Crippen molar-refractivity contribution in [1.29, 1.82) is 0 Å². The molecule has 2 N–H and O–H groups in total. The normalized spacial score (nSPS) is 12.2. The van der Waals surface area contributed by atoms with Crippen LogP contribution in [-0.2, 0) is 16.8 Å². The van der Waals surface area contributed by atoms with Crippen molar-refractivity contribution < 1.29 is 12.9 Å². The minimum Gasteiger partial charge on any atom is -0.360 e. The standard InChI is InChI=1S/C9H18N4O3S/c1-10-5-3-7-13(2)17(14,15)12-8-9-4-6-11-16-9/h4,6,10,12H,3,5,7-8H2,1-2H3. The highest BCUT2D eigenvalue weighted by molar-refractivity contribution is 7.87. The topological polar surface area (TPSA) is 87.5 Å². The molecule has 1 aromatic heterocycles. The molecule has 8 heteroatoms. The third-order valence-corrected chi connectivity index (χ3v) is 3.74. The minimum atomic E-state index is -3.45. The summed E-state index contributed by atoms with van der Waals surface area (Å²) in [5.74, 6) is 0.484. The molecule has 0 aromatic carbocycles. The van der Waals surface area contributed by atoms with E-state index in [0.717, 1.165) is 13.0 Å². The summed E-state index contributed by atoms with van der Waals surface area (Å²) in [5.41, 5.74) is 0. The SMILES string of the molecule is CNCCCN(C)S(=O)(=O)NCc1ccno1. The summed E-state index contributed by atoms with van der Waals surface area (Å²) in [6.07, 6.45) is 2.23. The molecule has 0 saturated heterocycles. The van der Waals surface area contributed by atoms with Crippen LogP contribution < -0.4 is 10.0 Å². The number of nitrogens with one attached hydrogen (secondary N) is 2. The van der Waals surface area contributed by atoms with Gasteiger partial charge in [0, 0.05) is 19.7 Å². The third-order valence-electron chi connectivity index (χ3n) is 2.23. The monoisotopic (exact) mass is 262 g/mol. The summed E-state index contributed by atoms with van der Waals surface area (Å²) in [5, 5.41) is 6.46. The second-order valence-corrected chi connectivity index (χ2v) is 5.45. The molecule has 0 fully saturated rings. The number of aromatic nitrogens is 1. The van der Waals surface area contributed by atoms with Gasteiger partial charge in [-0.25, -0.2) is 0 Å². The van der Waals surface area contributed by atoms with Crippen LogP contribution in [0.2, 0.25) is 0 Å². The Kier molecular flexibility index (Phi) is 5.56. The van der Waals surface area contributed by atoms with E-state index in [1.807, 2.05) is 7.05 Å². The predicted molar refractivity (Wildman–Crippen MR) is 63.4 cm³/mol. The van der Waals surface area contributed by atoms with Crippen molar-refractivity contribution in [2.45, 2.75) is 13.0 Å². The van der Waals surface area contributed by atoms with Gasteiger partial charge in [0.05, 0.1) is 12.7 Å². The van der Waals surface area contributed by atoms with Crippen LogP contribution in [0, 0.1) is 0 Å². The van der Waals surface area contributed by atoms with Gasteiger partial charge in [0.1, 0.15) is 0 Å². The maximum absolute atomic E-state index is 11.8. The van der Waals surface area contributed by atoms with Gasteiger partial charge in [-0.1, -0.05) is 5.16 Å². The van der Waals surface area contributed by atoms with E-state index >= 15 is 0 Å². The number of rotatable bonds is 8. The molecule has 1 heterocycles. The molecular weight excluding hydrogens is 244 g/mol. The minimum absolute atomic E-state index is 0.110. The molecule has 0 radical (unpaired) electrons. The van der Waals surface area contributed by atoms with Crippen molar-refractivity contribution in [3.8, 4) is 0 Å². The quantitative estimate of drug-likeness (QED) is 0.620. The fourth-order valence-corrected chi connectivity index (χ4v) is 2.12. The van der Waals surface area contributed by atoms with E-state index in [4.69, 9.17) is 4.52 Å². The molecule has 1 rings (SSSR count). The van der Waals surface area contributed by atoms with Gasteiger partial charge >= 0.3 is 0 Å². The lowest BCUT2D eigenvalue weighted by Gasteiger charge is -2.16. The lowest BCUT2D eigenvalue weighted by atomic mass is 10.4.